The Morgan fingerprint density at radius 2 is 1.96 bits per heavy atom. The highest BCUT2D eigenvalue weighted by molar-refractivity contribution is 7.98. The lowest BCUT2D eigenvalue weighted by atomic mass is 9.88. The number of alkyl halides is 3. The van der Waals surface area contributed by atoms with Crippen LogP contribution in [0, 0.1) is 5.92 Å². The molecule has 2 atom stereocenters. The molecule has 1 aromatic carbocycles. The van der Waals surface area contributed by atoms with Crippen LogP contribution >= 0.6 is 11.8 Å². The van der Waals surface area contributed by atoms with E-state index < -0.39 is 35.7 Å². The van der Waals surface area contributed by atoms with Gasteiger partial charge in [0.25, 0.3) is 0 Å². The second kappa shape index (κ2) is 7.81. The van der Waals surface area contributed by atoms with Crippen LogP contribution in [0.25, 0.3) is 0 Å². The van der Waals surface area contributed by atoms with E-state index in [0.29, 0.717) is 11.3 Å². The van der Waals surface area contributed by atoms with Crippen molar-refractivity contribution in [3.8, 4) is 0 Å². The lowest BCUT2D eigenvalue weighted by Gasteiger charge is -2.33. The van der Waals surface area contributed by atoms with Crippen molar-refractivity contribution >= 4 is 23.8 Å². The van der Waals surface area contributed by atoms with Gasteiger partial charge < -0.3 is 15.4 Å². The third-order valence-corrected chi connectivity index (χ3v) is 4.23. The molecule has 1 aromatic rings. The third kappa shape index (κ3) is 4.68. The average molecular weight is 374 g/mol. The van der Waals surface area contributed by atoms with E-state index in [-0.39, 0.29) is 12.3 Å². The molecular formula is C16H17F3N2O3S. The molecule has 5 nitrogen and oxygen atoms in total. The third-order valence-electron chi connectivity index (χ3n) is 3.65. The Labute approximate surface area is 147 Å². The first-order valence-corrected chi connectivity index (χ1v) is 8.72. The van der Waals surface area contributed by atoms with Gasteiger partial charge in [0, 0.05) is 11.4 Å². The minimum atomic E-state index is -4.46. The van der Waals surface area contributed by atoms with Crippen molar-refractivity contribution in [1.82, 2.24) is 10.6 Å². The zero-order chi connectivity index (χ0) is 18.6. The highest BCUT2D eigenvalue weighted by Gasteiger charge is 2.39. The number of urea groups is 1. The predicted molar refractivity (Wildman–Crippen MR) is 87.8 cm³/mol. The maximum atomic E-state index is 12.7. The van der Waals surface area contributed by atoms with Gasteiger partial charge in [0.15, 0.2) is 0 Å². The number of nitrogens with one attached hydrogen (secondary N) is 2. The van der Waals surface area contributed by atoms with E-state index in [1.807, 2.05) is 6.26 Å². The fraction of sp³-hybridized carbons (Fsp3) is 0.375. The van der Waals surface area contributed by atoms with Crippen molar-refractivity contribution in [2.24, 2.45) is 5.92 Å². The Hall–Kier alpha value is -2.16. The molecule has 1 aliphatic heterocycles. The van der Waals surface area contributed by atoms with Crippen LogP contribution in [0.4, 0.5) is 18.0 Å². The van der Waals surface area contributed by atoms with Crippen molar-refractivity contribution < 1.29 is 27.5 Å². The number of hydrogen-bond donors (Lipinski definition) is 2. The van der Waals surface area contributed by atoms with Gasteiger partial charge in [-0.2, -0.15) is 24.9 Å². The van der Waals surface area contributed by atoms with Gasteiger partial charge in [-0.05, 0) is 24.0 Å². The van der Waals surface area contributed by atoms with Crippen LogP contribution in [0.1, 0.15) is 17.2 Å². The summed E-state index contributed by atoms with van der Waals surface area (Å²) < 4.78 is 43.2. The van der Waals surface area contributed by atoms with Gasteiger partial charge in [0.05, 0.1) is 11.6 Å². The monoisotopic (exact) mass is 374 g/mol. The van der Waals surface area contributed by atoms with Crippen LogP contribution in [0.2, 0.25) is 0 Å². The summed E-state index contributed by atoms with van der Waals surface area (Å²) in [7, 11) is 0. The molecule has 25 heavy (non-hydrogen) atoms. The van der Waals surface area contributed by atoms with Crippen LogP contribution < -0.4 is 10.6 Å². The van der Waals surface area contributed by atoms with Crippen LogP contribution in [0.5, 0.6) is 0 Å². The molecule has 0 saturated carbocycles. The van der Waals surface area contributed by atoms with E-state index in [1.165, 1.54) is 23.9 Å². The van der Waals surface area contributed by atoms with Crippen LogP contribution in [-0.2, 0) is 15.7 Å². The fourth-order valence-electron chi connectivity index (χ4n) is 2.43. The topological polar surface area (TPSA) is 67.4 Å². The maximum absolute atomic E-state index is 12.7. The van der Waals surface area contributed by atoms with Crippen molar-refractivity contribution in [3.63, 3.8) is 0 Å². The fourth-order valence-corrected chi connectivity index (χ4v) is 2.68. The van der Waals surface area contributed by atoms with E-state index in [0.717, 1.165) is 12.1 Å². The number of amides is 2. The molecule has 0 aliphatic carbocycles. The van der Waals surface area contributed by atoms with Crippen molar-refractivity contribution in [3.05, 3.63) is 47.7 Å². The Morgan fingerprint density at radius 1 is 1.32 bits per heavy atom. The van der Waals surface area contributed by atoms with Gasteiger partial charge in [-0.25, -0.2) is 4.79 Å². The Kier molecular flexibility index (Phi) is 5.99. The Balaban J connectivity index is 2.25. The highest BCUT2D eigenvalue weighted by atomic mass is 32.2. The molecule has 2 rings (SSSR count). The average Bonchev–Trinajstić information content (AvgIpc) is 2.53. The molecule has 2 amide bonds. The summed E-state index contributed by atoms with van der Waals surface area (Å²) in [6, 6.07) is 2.84. The second-order valence-electron chi connectivity index (χ2n) is 5.36. The summed E-state index contributed by atoms with van der Waals surface area (Å²) in [4.78, 5) is 24.0. The molecular weight excluding hydrogens is 357 g/mol. The van der Waals surface area contributed by atoms with Crippen LogP contribution in [0.15, 0.2) is 36.5 Å². The van der Waals surface area contributed by atoms with E-state index in [4.69, 9.17) is 4.74 Å². The first-order valence-electron chi connectivity index (χ1n) is 7.33. The number of esters is 1. The van der Waals surface area contributed by atoms with Gasteiger partial charge >= 0.3 is 18.2 Å². The highest BCUT2D eigenvalue weighted by Crippen LogP contribution is 2.33. The number of carbonyl (C=O) groups excluding carboxylic acids is 2. The number of thioether (sulfide) groups is 1. The standard InChI is InChI=1S/C16H17F3N2O3S/c1-9-12(14(22)24-7-8-25-2)13(21-15(23)20-9)10-3-5-11(6-4-10)16(17,18)19/h3-6,12-13H,1,7-8H2,2H3,(H2,20,21,23)/t12-,13+/m1/s1. The maximum Gasteiger partial charge on any atom is 0.416 e. The SMILES string of the molecule is C=C1NC(=O)N[C@@H](c2ccc(C(F)(F)F)cc2)[C@@H]1C(=O)OCCSC. The zero-order valence-electron chi connectivity index (χ0n) is 13.4. The van der Waals surface area contributed by atoms with E-state index in [9.17, 15) is 22.8 Å². The van der Waals surface area contributed by atoms with Gasteiger partial charge in [-0.1, -0.05) is 18.7 Å². The van der Waals surface area contributed by atoms with Crippen molar-refractivity contribution in [2.45, 2.75) is 12.2 Å². The summed E-state index contributed by atoms with van der Waals surface area (Å²) in [5, 5.41) is 4.95. The number of halogens is 3. The molecule has 0 unspecified atom stereocenters. The molecule has 1 aliphatic rings. The molecule has 0 radical (unpaired) electrons. The summed E-state index contributed by atoms with van der Waals surface area (Å²) in [5.41, 5.74) is -0.312. The summed E-state index contributed by atoms with van der Waals surface area (Å²) >= 11 is 1.50. The molecule has 1 saturated heterocycles. The van der Waals surface area contributed by atoms with Crippen molar-refractivity contribution in [1.29, 1.82) is 0 Å². The summed E-state index contributed by atoms with van der Waals surface area (Å²) in [5.74, 6) is -0.928. The molecule has 1 fully saturated rings. The minimum absolute atomic E-state index is 0.141. The minimum Gasteiger partial charge on any atom is -0.464 e. The van der Waals surface area contributed by atoms with Gasteiger partial charge in [-0.15, -0.1) is 0 Å². The number of hydrogen-bond acceptors (Lipinski definition) is 4. The molecule has 0 bridgehead atoms. The molecule has 136 valence electrons. The predicted octanol–water partition coefficient (Wildman–Crippen LogP) is 3.10. The number of ether oxygens (including phenoxy) is 1. The molecule has 9 heteroatoms. The van der Waals surface area contributed by atoms with Gasteiger partial charge in [-0.3, -0.25) is 4.79 Å². The first-order chi connectivity index (χ1) is 11.7. The smallest absolute Gasteiger partial charge is 0.416 e. The summed E-state index contributed by atoms with van der Waals surface area (Å²) in [6.45, 7) is 3.86. The van der Waals surface area contributed by atoms with Crippen LogP contribution in [0.3, 0.4) is 0 Å². The normalized spacial score (nSPS) is 20.6. The Morgan fingerprint density at radius 3 is 2.52 bits per heavy atom. The number of carbonyl (C=O) groups is 2. The number of benzene rings is 1. The zero-order valence-corrected chi connectivity index (χ0v) is 14.2. The quantitative estimate of drug-likeness (QED) is 0.614. The molecule has 1 heterocycles. The number of rotatable bonds is 5. The molecule has 0 spiro atoms. The molecule has 0 aromatic heterocycles. The second-order valence-corrected chi connectivity index (χ2v) is 6.34. The van der Waals surface area contributed by atoms with Crippen molar-refractivity contribution in [2.75, 3.05) is 18.6 Å². The summed E-state index contributed by atoms with van der Waals surface area (Å²) in [6.07, 6.45) is -2.60. The lowest BCUT2D eigenvalue weighted by Crippen LogP contribution is -2.51. The molecule has 2 N–H and O–H groups in total. The van der Waals surface area contributed by atoms with E-state index in [1.54, 1.807) is 0 Å². The van der Waals surface area contributed by atoms with Gasteiger partial charge in [0.1, 0.15) is 12.5 Å². The van der Waals surface area contributed by atoms with Gasteiger partial charge in [0.2, 0.25) is 0 Å². The van der Waals surface area contributed by atoms with E-state index in [2.05, 4.69) is 17.2 Å². The Bertz CT molecular complexity index is 662. The van der Waals surface area contributed by atoms with Crippen LogP contribution in [-0.4, -0.2) is 30.6 Å². The largest absolute Gasteiger partial charge is 0.464 e. The first kappa shape index (κ1) is 19.2. The van der Waals surface area contributed by atoms with E-state index >= 15 is 0 Å². The lowest BCUT2D eigenvalue weighted by molar-refractivity contribution is -0.147.